The van der Waals surface area contributed by atoms with Gasteiger partial charge in [-0.3, -0.25) is 29.1 Å². The van der Waals surface area contributed by atoms with E-state index >= 15 is 0 Å². The minimum absolute atomic E-state index is 0.0157. The zero-order chi connectivity index (χ0) is 42.1. The number of aliphatic imine (C=N–C) groups is 1. The fourth-order valence-electron chi connectivity index (χ4n) is 7.45. The van der Waals surface area contributed by atoms with E-state index in [9.17, 15) is 49.5 Å². The van der Waals surface area contributed by atoms with Gasteiger partial charge in [0.2, 0.25) is 12.1 Å². The number of ketones is 2. The van der Waals surface area contributed by atoms with Crippen molar-refractivity contribution in [3.8, 4) is 17.2 Å². The first kappa shape index (κ1) is 41.4. The number of ether oxygens (including phenoxy) is 3. The number of guanidine groups is 1. The number of aromatic nitrogens is 1. The highest BCUT2D eigenvalue weighted by Crippen LogP contribution is 2.44. The van der Waals surface area contributed by atoms with Crippen molar-refractivity contribution in [2.75, 3.05) is 33.0 Å². The number of aliphatic hydroxyl groups excluding tert-OH is 3. The number of aryl methyl sites for hydroxylation is 1. The molecule has 19 heteroatoms. The largest absolute Gasteiger partial charge is 0.507 e. The number of nitrogens with one attached hydrogen (secondary N) is 1. The van der Waals surface area contributed by atoms with Crippen LogP contribution < -0.4 is 26.3 Å². The number of benzene rings is 2. The Kier molecular flexibility index (Phi) is 11.9. The zero-order valence-corrected chi connectivity index (χ0v) is 31.3. The number of nitrogen functional groups attached to an aromatic ring is 1. The van der Waals surface area contributed by atoms with E-state index in [2.05, 4.69) is 15.3 Å². The van der Waals surface area contributed by atoms with Gasteiger partial charge in [0.05, 0.1) is 24.8 Å². The lowest BCUT2D eigenvalue weighted by molar-refractivity contribution is -0.315. The SMILES string of the molecule is CN=C(N)NCc1c(CCC=O)cc2c(c1O)C(=O)c1c(OC3OC(CO)C(O)(CC(CN4C(=O)C=CC4=O)c4ccnc(N)c4)C(O)C3O)cc(OC)cc1C2=O. The Hall–Kier alpha value is -6.25. The quantitative estimate of drug-likeness (QED) is 0.0327. The number of rotatable bonds is 14. The van der Waals surface area contributed by atoms with Crippen LogP contribution >= 0.6 is 0 Å². The monoisotopic (exact) mass is 802 g/mol. The van der Waals surface area contributed by atoms with Gasteiger partial charge in [-0.15, -0.1) is 0 Å². The predicted molar refractivity (Wildman–Crippen MR) is 202 cm³/mol. The molecule has 10 N–H and O–H groups in total. The summed E-state index contributed by atoms with van der Waals surface area (Å²) in [6.45, 7) is -1.37. The molecule has 6 rings (SSSR count). The molecule has 2 aliphatic heterocycles. The van der Waals surface area contributed by atoms with Crippen LogP contribution in [0.1, 0.15) is 67.3 Å². The van der Waals surface area contributed by atoms with Crippen LogP contribution in [0.5, 0.6) is 17.2 Å². The molecule has 58 heavy (non-hydrogen) atoms. The van der Waals surface area contributed by atoms with E-state index < -0.39 is 78.3 Å². The summed E-state index contributed by atoms with van der Waals surface area (Å²) >= 11 is 0. The number of anilines is 1. The standard InChI is InChI=1S/C39H42N6O13/c1-42-38(41)44-15-24-19(4-3-9-46)10-22-31(33(24)51)34(52)30-23(32(22)50)12-21(56-2)13-25(30)57-37-35(53)36(54)39(55,26(17-47)58-37)14-20(18-7-8-43-27(40)11-18)16-45-28(48)5-6-29(45)49/h5-13,20,26,35-37,47,51,53-55H,3-4,14-17H2,1-2H3,(H2,40,43)(H3,41,42,44). The first-order valence-electron chi connectivity index (χ1n) is 18.0. The second kappa shape index (κ2) is 16.7. The molecule has 0 bridgehead atoms. The van der Waals surface area contributed by atoms with Gasteiger partial charge in [-0.05, 0) is 48.2 Å². The highest BCUT2D eigenvalue weighted by molar-refractivity contribution is 6.30. The van der Waals surface area contributed by atoms with Gasteiger partial charge in [0, 0.05) is 73.6 Å². The molecule has 2 amide bonds. The average Bonchev–Trinajstić information content (AvgIpc) is 3.53. The Morgan fingerprint density at radius 1 is 1.10 bits per heavy atom. The van der Waals surface area contributed by atoms with Crippen molar-refractivity contribution in [3.63, 3.8) is 0 Å². The second-order valence-electron chi connectivity index (χ2n) is 13.9. The molecule has 0 spiro atoms. The van der Waals surface area contributed by atoms with Gasteiger partial charge in [-0.2, -0.15) is 0 Å². The number of nitrogens with two attached hydrogens (primary N) is 2. The topological polar surface area (TPSA) is 307 Å². The fourth-order valence-corrected chi connectivity index (χ4v) is 7.45. The van der Waals surface area contributed by atoms with E-state index in [0.29, 0.717) is 17.4 Å². The first-order valence-corrected chi connectivity index (χ1v) is 18.0. The molecule has 3 aromatic rings. The van der Waals surface area contributed by atoms with E-state index in [0.717, 1.165) is 17.1 Å². The number of nitrogens with zero attached hydrogens (tertiary/aromatic N) is 3. The van der Waals surface area contributed by atoms with E-state index in [1.165, 1.54) is 50.7 Å². The number of phenols is 1. The smallest absolute Gasteiger partial charge is 0.253 e. The number of imide groups is 1. The summed E-state index contributed by atoms with van der Waals surface area (Å²) in [5.74, 6) is -4.60. The van der Waals surface area contributed by atoms with Gasteiger partial charge in [0.25, 0.3) is 11.8 Å². The predicted octanol–water partition coefficient (Wildman–Crippen LogP) is -1.03. The number of carbonyl (C=O) groups is 5. The number of hydrogen-bond donors (Lipinski definition) is 8. The molecular formula is C39H42N6O13. The van der Waals surface area contributed by atoms with Gasteiger partial charge < -0.3 is 61.3 Å². The summed E-state index contributed by atoms with van der Waals surface area (Å²) < 4.78 is 17.3. The summed E-state index contributed by atoms with van der Waals surface area (Å²) in [5, 5.41) is 60.0. The lowest BCUT2D eigenvalue weighted by Gasteiger charge is -2.49. The van der Waals surface area contributed by atoms with Crippen LogP contribution in [0.2, 0.25) is 0 Å². The summed E-state index contributed by atoms with van der Waals surface area (Å²) in [5.41, 5.74) is 9.10. The van der Waals surface area contributed by atoms with Crippen LogP contribution in [0.4, 0.5) is 5.82 Å². The normalized spacial score (nSPS) is 23.4. The average molecular weight is 803 g/mol. The van der Waals surface area contributed by atoms with Gasteiger partial charge in [0.1, 0.15) is 53.3 Å². The molecule has 0 saturated carbocycles. The molecule has 1 aliphatic carbocycles. The molecule has 3 aliphatic rings. The molecule has 306 valence electrons. The molecule has 19 nitrogen and oxygen atoms in total. The number of amides is 2. The molecule has 2 aromatic carbocycles. The van der Waals surface area contributed by atoms with E-state index in [1.807, 2.05) is 0 Å². The van der Waals surface area contributed by atoms with E-state index in [4.69, 9.17) is 25.7 Å². The number of phenolic OH excluding ortho intramolecular Hbond substituents is 1. The third kappa shape index (κ3) is 7.60. The lowest BCUT2D eigenvalue weighted by Crippen LogP contribution is -2.68. The maximum atomic E-state index is 14.4. The highest BCUT2D eigenvalue weighted by atomic mass is 16.7. The Labute approximate surface area is 330 Å². The molecule has 6 atom stereocenters. The summed E-state index contributed by atoms with van der Waals surface area (Å²) in [4.78, 5) is 73.5. The number of carbonyl (C=O) groups excluding carboxylic acids is 5. The number of fused-ring (bicyclic) bond motifs is 2. The number of hydrogen-bond acceptors (Lipinski definition) is 16. The van der Waals surface area contributed by atoms with Crippen molar-refractivity contribution < 1.29 is 63.7 Å². The molecule has 1 fully saturated rings. The van der Waals surface area contributed by atoms with Crippen molar-refractivity contribution in [3.05, 3.63) is 87.6 Å². The Bertz CT molecular complexity index is 2210. The minimum atomic E-state index is -2.46. The third-order valence-corrected chi connectivity index (χ3v) is 10.5. The van der Waals surface area contributed by atoms with Crippen LogP contribution in [0, 0.1) is 0 Å². The summed E-state index contributed by atoms with van der Waals surface area (Å²) in [6.07, 6.45) is -3.96. The van der Waals surface area contributed by atoms with Crippen molar-refractivity contribution in [2.45, 2.75) is 61.9 Å². The number of aliphatic hydroxyl groups is 4. The van der Waals surface area contributed by atoms with Gasteiger partial charge in [-0.25, -0.2) is 4.98 Å². The lowest BCUT2D eigenvalue weighted by atomic mass is 9.75. The molecular weight excluding hydrogens is 760 g/mol. The van der Waals surface area contributed by atoms with Crippen molar-refractivity contribution in [1.29, 1.82) is 0 Å². The van der Waals surface area contributed by atoms with E-state index in [-0.39, 0.29) is 77.0 Å². The zero-order valence-electron chi connectivity index (χ0n) is 31.3. The number of methoxy groups -OCH3 is 1. The van der Waals surface area contributed by atoms with Crippen molar-refractivity contribution >= 4 is 41.4 Å². The van der Waals surface area contributed by atoms with Crippen LogP contribution in [0.3, 0.4) is 0 Å². The Morgan fingerprint density at radius 2 is 1.81 bits per heavy atom. The van der Waals surface area contributed by atoms with Crippen LogP contribution in [0.25, 0.3) is 0 Å². The van der Waals surface area contributed by atoms with Gasteiger partial charge >= 0.3 is 0 Å². The number of aromatic hydroxyl groups is 1. The van der Waals surface area contributed by atoms with Crippen molar-refractivity contribution in [2.24, 2.45) is 10.7 Å². The van der Waals surface area contributed by atoms with Crippen molar-refractivity contribution in [1.82, 2.24) is 15.2 Å². The fraction of sp³-hybridized carbons (Fsp3) is 0.359. The molecule has 1 aromatic heterocycles. The molecule has 1 saturated heterocycles. The molecule has 0 radical (unpaired) electrons. The maximum absolute atomic E-state index is 14.4. The van der Waals surface area contributed by atoms with Gasteiger partial charge in [-0.1, -0.05) is 0 Å². The number of aldehydes is 1. The Balaban J connectivity index is 1.35. The highest BCUT2D eigenvalue weighted by Gasteiger charge is 2.56. The maximum Gasteiger partial charge on any atom is 0.253 e. The molecule has 3 heterocycles. The minimum Gasteiger partial charge on any atom is -0.507 e. The van der Waals surface area contributed by atoms with E-state index in [1.54, 1.807) is 0 Å². The van der Waals surface area contributed by atoms with Crippen LogP contribution in [-0.4, -0.2) is 129 Å². The summed E-state index contributed by atoms with van der Waals surface area (Å²) in [7, 11) is 2.72. The van der Waals surface area contributed by atoms with Gasteiger partial charge in [0.15, 0.2) is 11.7 Å². The Morgan fingerprint density at radius 3 is 2.45 bits per heavy atom. The first-order chi connectivity index (χ1) is 27.7. The molecule has 6 unspecified atom stereocenters. The second-order valence-corrected chi connectivity index (χ2v) is 13.9. The summed E-state index contributed by atoms with van der Waals surface area (Å²) in [6, 6.07) is 6.87. The number of pyridine rings is 1. The van der Waals surface area contributed by atoms with Crippen LogP contribution in [-0.2, 0) is 32.1 Å². The third-order valence-electron chi connectivity index (χ3n) is 10.5. The van der Waals surface area contributed by atoms with Crippen LogP contribution in [0.15, 0.2) is 53.7 Å².